The maximum atomic E-state index is 12.9. The number of halogens is 4. The summed E-state index contributed by atoms with van der Waals surface area (Å²) < 4.78 is 51.7. The van der Waals surface area contributed by atoms with Gasteiger partial charge in [-0.05, 0) is 6.07 Å². The number of aromatic nitrogens is 3. The van der Waals surface area contributed by atoms with Crippen LogP contribution in [0, 0.1) is 0 Å². The summed E-state index contributed by atoms with van der Waals surface area (Å²) >= 11 is 0. The molecule has 0 spiro atoms. The Balaban J connectivity index is 2.50. The minimum Gasteiger partial charge on any atom is -0.395 e. The van der Waals surface area contributed by atoms with Gasteiger partial charge in [0.1, 0.15) is 11.4 Å². The van der Waals surface area contributed by atoms with Crippen molar-refractivity contribution in [3.63, 3.8) is 0 Å². The van der Waals surface area contributed by atoms with Crippen LogP contribution in [0.25, 0.3) is 5.65 Å². The Morgan fingerprint density at radius 1 is 1.29 bits per heavy atom. The molecule has 0 atom stereocenters. The van der Waals surface area contributed by atoms with Crippen LogP contribution in [0.1, 0.15) is 34.7 Å². The van der Waals surface area contributed by atoms with E-state index in [0.29, 0.717) is 10.6 Å². The second kappa shape index (κ2) is 6.04. The third-order valence-corrected chi connectivity index (χ3v) is 2.55. The third kappa shape index (κ3) is 3.10. The molecule has 0 aromatic carbocycles. The molecule has 0 aliphatic heterocycles. The molecule has 2 N–H and O–H groups in total. The Morgan fingerprint density at radius 3 is 2.57 bits per heavy atom. The van der Waals surface area contributed by atoms with Crippen LogP contribution in [0.2, 0.25) is 0 Å². The molecule has 2 rings (SSSR count). The lowest BCUT2D eigenvalue weighted by atomic mass is 10.3. The van der Waals surface area contributed by atoms with Gasteiger partial charge in [-0.3, -0.25) is 4.79 Å². The zero-order valence-electron chi connectivity index (χ0n) is 10.4. The smallest absolute Gasteiger partial charge is 0.280 e. The van der Waals surface area contributed by atoms with E-state index < -0.39 is 30.1 Å². The zero-order valence-corrected chi connectivity index (χ0v) is 10.4. The van der Waals surface area contributed by atoms with Crippen LogP contribution < -0.4 is 5.32 Å². The summed E-state index contributed by atoms with van der Waals surface area (Å²) in [4.78, 5) is 15.1. The van der Waals surface area contributed by atoms with Crippen molar-refractivity contribution >= 4 is 11.6 Å². The van der Waals surface area contributed by atoms with Crippen LogP contribution in [0.5, 0.6) is 0 Å². The van der Waals surface area contributed by atoms with Crippen molar-refractivity contribution < 1.29 is 27.5 Å². The first-order chi connectivity index (χ1) is 9.93. The van der Waals surface area contributed by atoms with E-state index in [2.05, 4.69) is 15.4 Å². The number of carbonyl (C=O) groups is 1. The van der Waals surface area contributed by atoms with E-state index >= 15 is 0 Å². The molecule has 0 unspecified atom stereocenters. The van der Waals surface area contributed by atoms with E-state index in [4.69, 9.17) is 5.11 Å². The molecule has 0 aliphatic rings. The van der Waals surface area contributed by atoms with Gasteiger partial charge in [-0.1, -0.05) is 0 Å². The Labute approximate surface area is 115 Å². The number of aliphatic hydroxyl groups is 1. The van der Waals surface area contributed by atoms with Crippen LogP contribution in [-0.2, 0) is 0 Å². The van der Waals surface area contributed by atoms with E-state index in [1.54, 1.807) is 0 Å². The van der Waals surface area contributed by atoms with Gasteiger partial charge in [-0.25, -0.2) is 27.1 Å². The minimum absolute atomic E-state index is 0.0515. The number of aliphatic hydroxyl groups excluding tert-OH is 1. The molecule has 2 aromatic rings. The highest BCUT2D eigenvalue weighted by molar-refractivity contribution is 5.93. The highest BCUT2D eigenvalue weighted by Gasteiger charge is 2.21. The molecule has 0 fully saturated rings. The molecular weight excluding hydrogens is 296 g/mol. The molecule has 10 heteroatoms. The molecule has 6 nitrogen and oxygen atoms in total. The van der Waals surface area contributed by atoms with Gasteiger partial charge < -0.3 is 10.4 Å². The number of nitrogens with zero attached hydrogens (tertiary/aromatic N) is 3. The maximum absolute atomic E-state index is 12.9. The standard InChI is InChI=1S/C11H10F4N4O2/c12-9(13)5-3-7(10(14)15)19-8(17-5)4-6(18-19)11(21)16-1-2-20/h3-4,9-10,20H,1-2H2,(H,16,21). The number of fused-ring (bicyclic) bond motifs is 1. The summed E-state index contributed by atoms with van der Waals surface area (Å²) in [5.74, 6) is -0.728. The molecular formula is C11H10F4N4O2. The largest absolute Gasteiger partial charge is 0.395 e. The highest BCUT2D eigenvalue weighted by Crippen LogP contribution is 2.25. The minimum atomic E-state index is -3.05. The van der Waals surface area contributed by atoms with Crippen LogP contribution >= 0.6 is 0 Å². The van der Waals surface area contributed by atoms with Gasteiger partial charge in [0.05, 0.1) is 6.61 Å². The average Bonchev–Trinajstić information content (AvgIpc) is 2.87. The second-order valence-corrected chi connectivity index (χ2v) is 3.99. The van der Waals surface area contributed by atoms with Gasteiger partial charge in [0.15, 0.2) is 11.3 Å². The fourth-order valence-electron chi connectivity index (χ4n) is 1.66. The zero-order chi connectivity index (χ0) is 15.6. The first kappa shape index (κ1) is 15.2. The van der Waals surface area contributed by atoms with Crippen LogP contribution in [-0.4, -0.2) is 38.8 Å². The second-order valence-electron chi connectivity index (χ2n) is 3.99. The predicted molar refractivity (Wildman–Crippen MR) is 62.3 cm³/mol. The van der Waals surface area contributed by atoms with Crippen molar-refractivity contribution in [3.05, 3.63) is 29.2 Å². The van der Waals surface area contributed by atoms with Crippen molar-refractivity contribution in [2.75, 3.05) is 13.2 Å². The van der Waals surface area contributed by atoms with Crippen molar-refractivity contribution in [1.29, 1.82) is 0 Å². The Bertz CT molecular complexity index is 659. The molecule has 0 saturated carbocycles. The van der Waals surface area contributed by atoms with E-state index in [-0.39, 0.29) is 24.5 Å². The van der Waals surface area contributed by atoms with Crippen LogP contribution in [0.4, 0.5) is 17.6 Å². The summed E-state index contributed by atoms with van der Waals surface area (Å²) in [6.07, 6.45) is -6.07. The Hall–Kier alpha value is -2.23. The SMILES string of the molecule is O=C(NCCO)c1cc2nc(C(F)F)cc(C(F)F)n2n1. The van der Waals surface area contributed by atoms with Crippen molar-refractivity contribution in [2.24, 2.45) is 0 Å². The number of hydrogen-bond donors (Lipinski definition) is 2. The number of nitrogens with one attached hydrogen (secondary N) is 1. The summed E-state index contributed by atoms with van der Waals surface area (Å²) in [5.41, 5.74) is -2.14. The maximum Gasteiger partial charge on any atom is 0.280 e. The molecule has 114 valence electrons. The number of alkyl halides is 4. The lowest BCUT2D eigenvalue weighted by Crippen LogP contribution is -2.26. The lowest BCUT2D eigenvalue weighted by Gasteiger charge is -2.06. The van der Waals surface area contributed by atoms with Crippen molar-refractivity contribution in [1.82, 2.24) is 19.9 Å². The molecule has 2 aromatic heterocycles. The monoisotopic (exact) mass is 306 g/mol. The predicted octanol–water partition coefficient (Wildman–Crippen LogP) is 1.33. The van der Waals surface area contributed by atoms with Crippen molar-refractivity contribution in [2.45, 2.75) is 12.9 Å². The first-order valence-corrected chi connectivity index (χ1v) is 5.80. The average molecular weight is 306 g/mol. The summed E-state index contributed by atoms with van der Waals surface area (Å²) in [7, 11) is 0. The molecule has 0 radical (unpaired) electrons. The topological polar surface area (TPSA) is 79.5 Å². The molecule has 0 saturated heterocycles. The Morgan fingerprint density at radius 2 is 2.00 bits per heavy atom. The van der Waals surface area contributed by atoms with E-state index in [1.165, 1.54) is 0 Å². The Kier molecular flexibility index (Phi) is 4.36. The normalized spacial score (nSPS) is 11.6. The fraction of sp³-hybridized carbons (Fsp3) is 0.364. The van der Waals surface area contributed by atoms with E-state index in [0.717, 1.165) is 6.07 Å². The number of hydrogen-bond acceptors (Lipinski definition) is 4. The third-order valence-electron chi connectivity index (χ3n) is 2.55. The fourth-order valence-corrected chi connectivity index (χ4v) is 1.66. The van der Waals surface area contributed by atoms with Crippen LogP contribution in [0.15, 0.2) is 12.1 Å². The first-order valence-electron chi connectivity index (χ1n) is 5.80. The van der Waals surface area contributed by atoms with Crippen molar-refractivity contribution in [3.8, 4) is 0 Å². The molecule has 0 bridgehead atoms. The number of amides is 1. The van der Waals surface area contributed by atoms with Gasteiger partial charge in [0.2, 0.25) is 0 Å². The van der Waals surface area contributed by atoms with Gasteiger partial charge in [-0.2, -0.15) is 5.10 Å². The molecule has 2 heterocycles. The van der Waals surface area contributed by atoms with Gasteiger partial charge in [0.25, 0.3) is 18.8 Å². The van der Waals surface area contributed by atoms with Gasteiger partial charge >= 0.3 is 0 Å². The molecule has 0 aliphatic carbocycles. The molecule has 1 amide bonds. The van der Waals surface area contributed by atoms with E-state index in [1.807, 2.05) is 0 Å². The highest BCUT2D eigenvalue weighted by atomic mass is 19.3. The van der Waals surface area contributed by atoms with Gasteiger partial charge in [0, 0.05) is 12.6 Å². The molecule has 21 heavy (non-hydrogen) atoms. The number of rotatable bonds is 5. The summed E-state index contributed by atoms with van der Waals surface area (Å²) in [6.45, 7) is -0.362. The lowest BCUT2D eigenvalue weighted by molar-refractivity contribution is 0.0938. The van der Waals surface area contributed by atoms with E-state index in [9.17, 15) is 22.4 Å². The quantitative estimate of drug-likeness (QED) is 0.817. The number of carbonyl (C=O) groups excluding carboxylic acids is 1. The van der Waals surface area contributed by atoms with Crippen LogP contribution in [0.3, 0.4) is 0 Å². The van der Waals surface area contributed by atoms with Gasteiger partial charge in [-0.15, -0.1) is 0 Å². The summed E-state index contributed by atoms with van der Waals surface area (Å²) in [6, 6.07) is 1.56. The summed E-state index contributed by atoms with van der Waals surface area (Å²) in [5, 5.41) is 14.5.